The minimum atomic E-state index is -0.455. The highest BCUT2D eigenvalue weighted by Crippen LogP contribution is 2.36. The van der Waals surface area contributed by atoms with Crippen LogP contribution in [-0.2, 0) is 4.74 Å². The summed E-state index contributed by atoms with van der Waals surface area (Å²) in [5.74, 6) is 3.11. The number of amides is 1. The fourth-order valence-corrected chi connectivity index (χ4v) is 3.07. The number of terminal acetylenes is 1. The second-order valence-electron chi connectivity index (χ2n) is 6.94. The van der Waals surface area contributed by atoms with Gasteiger partial charge in [-0.05, 0) is 26.8 Å². The van der Waals surface area contributed by atoms with E-state index in [-0.39, 0.29) is 6.09 Å². The first kappa shape index (κ1) is 14.7. The number of fused-ring (bicyclic) bond motifs is 1. The molecule has 0 aliphatic carbocycles. The minimum Gasteiger partial charge on any atom is -0.444 e. The Kier molecular flexibility index (Phi) is 3.48. The first-order valence-corrected chi connectivity index (χ1v) is 7.53. The van der Waals surface area contributed by atoms with Gasteiger partial charge in [0.05, 0.1) is 17.9 Å². The lowest BCUT2D eigenvalue weighted by atomic mass is 9.91. The molecule has 1 aromatic heterocycles. The van der Waals surface area contributed by atoms with E-state index in [1.165, 1.54) is 0 Å². The van der Waals surface area contributed by atoms with Gasteiger partial charge in [0.1, 0.15) is 5.60 Å². The summed E-state index contributed by atoms with van der Waals surface area (Å²) in [5, 5.41) is 0. The number of hydrogen-bond donors (Lipinski definition) is 0. The Hall–Kier alpha value is -2.22. The van der Waals surface area contributed by atoms with Gasteiger partial charge >= 0.3 is 6.09 Å². The lowest BCUT2D eigenvalue weighted by Gasteiger charge is -2.45. The van der Waals surface area contributed by atoms with E-state index in [2.05, 4.69) is 15.8 Å². The highest BCUT2D eigenvalue weighted by atomic mass is 16.6. The van der Waals surface area contributed by atoms with Gasteiger partial charge in [-0.25, -0.2) is 4.79 Å². The van der Waals surface area contributed by atoms with E-state index in [0.29, 0.717) is 18.5 Å². The fraction of sp³-hybridized carbons (Fsp3) is 0.529. The molecule has 0 N–H and O–H groups in total. The van der Waals surface area contributed by atoms with Crippen LogP contribution >= 0.6 is 0 Å². The largest absolute Gasteiger partial charge is 0.444 e. The Morgan fingerprint density at radius 3 is 2.82 bits per heavy atom. The van der Waals surface area contributed by atoms with Gasteiger partial charge in [0, 0.05) is 37.3 Å². The lowest BCUT2D eigenvalue weighted by Crippen LogP contribution is -2.55. The summed E-state index contributed by atoms with van der Waals surface area (Å²) >= 11 is 0. The number of likely N-dealkylation sites (tertiary alicyclic amines) is 1. The summed E-state index contributed by atoms with van der Waals surface area (Å²) < 4.78 is 5.45. The summed E-state index contributed by atoms with van der Waals surface area (Å²) in [7, 11) is 0. The Balaban J connectivity index is 1.66. The molecule has 5 heteroatoms. The van der Waals surface area contributed by atoms with E-state index in [4.69, 9.17) is 11.2 Å². The summed E-state index contributed by atoms with van der Waals surface area (Å²) in [6.07, 6.45) is 8.71. The highest BCUT2D eigenvalue weighted by molar-refractivity contribution is 5.69. The molecule has 2 aliphatic rings. The van der Waals surface area contributed by atoms with Gasteiger partial charge in [-0.3, -0.25) is 4.98 Å². The van der Waals surface area contributed by atoms with Crippen molar-refractivity contribution in [2.75, 3.05) is 24.5 Å². The molecule has 1 aromatic rings. The first-order valence-electron chi connectivity index (χ1n) is 7.53. The van der Waals surface area contributed by atoms with Crippen molar-refractivity contribution in [2.24, 2.45) is 5.92 Å². The number of carbonyl (C=O) groups excluding carboxylic acids is 1. The van der Waals surface area contributed by atoms with Crippen LogP contribution in [0.15, 0.2) is 18.5 Å². The molecular formula is C17H21N3O2. The molecule has 0 radical (unpaired) electrons. The van der Waals surface area contributed by atoms with Gasteiger partial charge < -0.3 is 14.5 Å². The maximum atomic E-state index is 12.2. The molecule has 2 aliphatic heterocycles. The monoisotopic (exact) mass is 299 g/mol. The maximum absolute atomic E-state index is 12.2. The van der Waals surface area contributed by atoms with Crippen molar-refractivity contribution in [3.63, 3.8) is 0 Å². The number of aromatic nitrogens is 1. The second-order valence-corrected chi connectivity index (χ2v) is 6.94. The van der Waals surface area contributed by atoms with Crippen LogP contribution in [0.4, 0.5) is 10.5 Å². The Labute approximate surface area is 131 Å². The number of anilines is 1. The average molecular weight is 299 g/mol. The van der Waals surface area contributed by atoms with E-state index in [1.807, 2.05) is 33.0 Å². The van der Waals surface area contributed by atoms with E-state index >= 15 is 0 Å². The predicted octanol–water partition coefficient (Wildman–Crippen LogP) is 2.12. The standard InChI is InChI=1S/C17H21N3O2/c1-5-12-6-14(8-18-7-12)20-10-13-9-19(11-15(13)20)16(21)22-17(2,3)4/h1,6-8,13,15H,9-11H2,2-4H3/t13-,15-/m0/s1. The van der Waals surface area contributed by atoms with Crippen molar-refractivity contribution in [2.45, 2.75) is 32.4 Å². The minimum absolute atomic E-state index is 0.225. The lowest BCUT2D eigenvalue weighted by molar-refractivity contribution is 0.0291. The van der Waals surface area contributed by atoms with Crippen LogP contribution in [0.3, 0.4) is 0 Å². The molecule has 3 rings (SSSR count). The molecule has 3 heterocycles. The third kappa shape index (κ3) is 2.74. The van der Waals surface area contributed by atoms with Crippen molar-refractivity contribution < 1.29 is 9.53 Å². The summed E-state index contributed by atoms with van der Waals surface area (Å²) in [4.78, 5) is 20.4. The SMILES string of the molecule is C#Cc1cncc(N2C[C@@H]3CN(C(=O)OC(C)(C)C)C[C@@H]32)c1. The first-order chi connectivity index (χ1) is 10.4. The Bertz CT molecular complexity index is 630. The van der Waals surface area contributed by atoms with Crippen molar-refractivity contribution in [1.29, 1.82) is 0 Å². The molecule has 5 nitrogen and oxygen atoms in total. The average Bonchev–Trinajstić information content (AvgIpc) is 2.75. The zero-order valence-corrected chi connectivity index (χ0v) is 13.2. The fourth-order valence-electron chi connectivity index (χ4n) is 3.07. The van der Waals surface area contributed by atoms with Gasteiger partial charge in [-0.2, -0.15) is 0 Å². The number of rotatable bonds is 1. The molecule has 116 valence electrons. The quantitative estimate of drug-likeness (QED) is 0.745. The number of hydrogen-bond acceptors (Lipinski definition) is 4. The van der Waals surface area contributed by atoms with Gasteiger partial charge in [0.2, 0.25) is 0 Å². The normalized spacial score (nSPS) is 23.5. The molecular weight excluding hydrogens is 278 g/mol. The van der Waals surface area contributed by atoms with Crippen LogP contribution in [-0.4, -0.2) is 47.3 Å². The van der Waals surface area contributed by atoms with Crippen LogP contribution < -0.4 is 4.90 Å². The number of carbonyl (C=O) groups is 1. The maximum Gasteiger partial charge on any atom is 0.410 e. The molecule has 1 amide bonds. The van der Waals surface area contributed by atoms with Crippen molar-refractivity contribution in [3.8, 4) is 12.3 Å². The second kappa shape index (κ2) is 5.20. The van der Waals surface area contributed by atoms with E-state index in [0.717, 1.165) is 24.3 Å². The van der Waals surface area contributed by atoms with E-state index < -0.39 is 5.60 Å². The molecule has 0 aromatic carbocycles. The predicted molar refractivity (Wildman–Crippen MR) is 84.6 cm³/mol. The molecule has 0 unspecified atom stereocenters. The third-order valence-corrected chi connectivity index (χ3v) is 4.11. The molecule has 2 saturated heterocycles. The van der Waals surface area contributed by atoms with E-state index in [9.17, 15) is 4.79 Å². The topological polar surface area (TPSA) is 45.7 Å². The molecule has 2 fully saturated rings. The smallest absolute Gasteiger partial charge is 0.410 e. The number of ether oxygens (including phenoxy) is 1. The molecule has 0 spiro atoms. The van der Waals surface area contributed by atoms with Gasteiger partial charge in [0.25, 0.3) is 0 Å². The van der Waals surface area contributed by atoms with Gasteiger partial charge in [0.15, 0.2) is 0 Å². The zero-order valence-electron chi connectivity index (χ0n) is 13.2. The van der Waals surface area contributed by atoms with Crippen LogP contribution in [0.5, 0.6) is 0 Å². The molecule has 2 atom stereocenters. The van der Waals surface area contributed by atoms with E-state index in [1.54, 1.807) is 11.1 Å². The Morgan fingerprint density at radius 1 is 1.36 bits per heavy atom. The highest BCUT2D eigenvalue weighted by Gasteiger charge is 2.47. The molecule has 0 bridgehead atoms. The summed E-state index contributed by atoms with van der Waals surface area (Å²) in [5.41, 5.74) is 1.36. The van der Waals surface area contributed by atoms with Crippen LogP contribution in [0.25, 0.3) is 0 Å². The number of pyridine rings is 1. The molecule has 22 heavy (non-hydrogen) atoms. The van der Waals surface area contributed by atoms with Gasteiger partial charge in [-0.15, -0.1) is 6.42 Å². The third-order valence-electron chi connectivity index (χ3n) is 4.11. The number of nitrogens with zero attached hydrogens (tertiary/aromatic N) is 3. The van der Waals surface area contributed by atoms with Crippen molar-refractivity contribution in [3.05, 3.63) is 24.0 Å². The van der Waals surface area contributed by atoms with Crippen LogP contribution in [0.2, 0.25) is 0 Å². The summed E-state index contributed by atoms with van der Waals surface area (Å²) in [6.45, 7) is 8.05. The summed E-state index contributed by atoms with van der Waals surface area (Å²) in [6, 6.07) is 2.31. The van der Waals surface area contributed by atoms with Crippen molar-refractivity contribution in [1.82, 2.24) is 9.88 Å². The van der Waals surface area contributed by atoms with Crippen molar-refractivity contribution >= 4 is 11.8 Å². The Morgan fingerprint density at radius 2 is 2.14 bits per heavy atom. The zero-order chi connectivity index (χ0) is 15.9. The van der Waals surface area contributed by atoms with Gasteiger partial charge in [-0.1, -0.05) is 5.92 Å². The van der Waals surface area contributed by atoms with Crippen LogP contribution in [0, 0.1) is 18.3 Å². The molecule has 0 saturated carbocycles. The van der Waals surface area contributed by atoms with Crippen LogP contribution in [0.1, 0.15) is 26.3 Å².